The molecule has 146 valence electrons. The topological polar surface area (TPSA) is 51.4 Å². The first kappa shape index (κ1) is 21.2. The predicted octanol–water partition coefficient (Wildman–Crippen LogP) is 2.48. The Labute approximate surface area is 167 Å². The molecule has 27 heavy (non-hydrogen) atoms. The Morgan fingerprint density at radius 1 is 1.30 bits per heavy atom. The lowest BCUT2D eigenvalue weighted by atomic mass is 10.1. The highest BCUT2D eigenvalue weighted by Crippen LogP contribution is 2.22. The number of benzene rings is 1. The largest absolute Gasteiger partial charge is 0.348 e. The van der Waals surface area contributed by atoms with Gasteiger partial charge in [-0.1, -0.05) is 49.7 Å². The van der Waals surface area contributed by atoms with Crippen molar-refractivity contribution in [2.45, 2.75) is 40.4 Å². The Hall–Kier alpha value is -2.11. The van der Waals surface area contributed by atoms with Gasteiger partial charge in [0.2, 0.25) is 5.91 Å². The standard InChI is InChI=1S/C21H29ClN4O/c1-15(2)13-26-21(22)19(16(3)24-26)10-11-20(27)23-12-17-8-6-7-9-18(17)14-25(4)5/h6-11,15H,12-14H2,1-5H3,(H,23,27)/p+1/b11-10+. The number of aryl methyl sites for hydroxylation is 1. The average molecular weight is 390 g/mol. The second kappa shape index (κ2) is 9.72. The molecule has 0 aliphatic heterocycles. The van der Waals surface area contributed by atoms with E-state index in [4.69, 9.17) is 11.6 Å². The zero-order chi connectivity index (χ0) is 20.0. The van der Waals surface area contributed by atoms with E-state index in [-0.39, 0.29) is 5.91 Å². The van der Waals surface area contributed by atoms with Crippen LogP contribution in [0.25, 0.3) is 6.08 Å². The van der Waals surface area contributed by atoms with Crippen molar-refractivity contribution < 1.29 is 9.69 Å². The lowest BCUT2D eigenvalue weighted by Crippen LogP contribution is -3.04. The monoisotopic (exact) mass is 389 g/mol. The van der Waals surface area contributed by atoms with Gasteiger partial charge in [-0.15, -0.1) is 0 Å². The number of rotatable bonds is 8. The van der Waals surface area contributed by atoms with Crippen molar-refractivity contribution in [2.75, 3.05) is 14.1 Å². The van der Waals surface area contributed by atoms with E-state index in [1.807, 2.05) is 19.1 Å². The number of nitrogens with one attached hydrogen (secondary N) is 2. The second-order valence-corrected chi connectivity index (χ2v) is 7.93. The summed E-state index contributed by atoms with van der Waals surface area (Å²) in [7, 11) is 4.23. The fourth-order valence-corrected chi connectivity index (χ4v) is 3.21. The molecular weight excluding hydrogens is 360 g/mol. The normalized spacial score (nSPS) is 11.7. The number of halogens is 1. The van der Waals surface area contributed by atoms with Gasteiger partial charge in [0.1, 0.15) is 11.7 Å². The van der Waals surface area contributed by atoms with Gasteiger partial charge in [0.15, 0.2) is 0 Å². The van der Waals surface area contributed by atoms with Crippen LogP contribution in [0, 0.1) is 12.8 Å². The molecule has 2 N–H and O–H groups in total. The van der Waals surface area contributed by atoms with Crippen molar-refractivity contribution in [1.82, 2.24) is 15.1 Å². The fourth-order valence-electron chi connectivity index (χ4n) is 2.91. The molecule has 0 bridgehead atoms. The van der Waals surface area contributed by atoms with Crippen molar-refractivity contribution in [3.8, 4) is 0 Å². The zero-order valence-corrected chi connectivity index (χ0v) is 17.6. The summed E-state index contributed by atoms with van der Waals surface area (Å²) in [5, 5.41) is 7.99. The predicted molar refractivity (Wildman–Crippen MR) is 111 cm³/mol. The molecule has 6 heteroatoms. The lowest BCUT2D eigenvalue weighted by Gasteiger charge is -2.12. The molecule has 0 unspecified atom stereocenters. The molecule has 0 aliphatic carbocycles. The van der Waals surface area contributed by atoms with Crippen molar-refractivity contribution >= 4 is 23.6 Å². The summed E-state index contributed by atoms with van der Waals surface area (Å²) >= 11 is 6.41. The third kappa shape index (κ3) is 6.22. The highest BCUT2D eigenvalue weighted by Gasteiger charge is 2.12. The van der Waals surface area contributed by atoms with Gasteiger partial charge in [0.25, 0.3) is 0 Å². The van der Waals surface area contributed by atoms with Gasteiger partial charge in [-0.05, 0) is 24.5 Å². The number of quaternary nitrogens is 1. The van der Waals surface area contributed by atoms with Gasteiger partial charge in [0, 0.05) is 30.3 Å². The van der Waals surface area contributed by atoms with Gasteiger partial charge in [-0.25, -0.2) is 0 Å². The maximum absolute atomic E-state index is 12.3. The van der Waals surface area contributed by atoms with Crippen LogP contribution in [0.15, 0.2) is 30.3 Å². The highest BCUT2D eigenvalue weighted by molar-refractivity contribution is 6.31. The van der Waals surface area contributed by atoms with Crippen molar-refractivity contribution in [1.29, 1.82) is 0 Å². The number of hydrogen-bond donors (Lipinski definition) is 2. The SMILES string of the molecule is Cc1nn(CC(C)C)c(Cl)c1/C=C/C(=O)NCc1ccccc1C[NH+](C)C. The number of carbonyl (C=O) groups excluding carboxylic acids is 1. The molecule has 0 spiro atoms. The van der Waals surface area contributed by atoms with Crippen LogP contribution in [0.3, 0.4) is 0 Å². The van der Waals surface area contributed by atoms with E-state index >= 15 is 0 Å². The molecule has 2 rings (SSSR count). The molecule has 5 nitrogen and oxygen atoms in total. The molecule has 0 saturated heterocycles. The van der Waals surface area contributed by atoms with Crippen molar-refractivity contribution in [3.05, 3.63) is 57.9 Å². The average Bonchev–Trinajstić information content (AvgIpc) is 2.84. The molecule has 1 heterocycles. The van der Waals surface area contributed by atoms with Crippen molar-refractivity contribution in [2.24, 2.45) is 5.92 Å². The minimum Gasteiger partial charge on any atom is -0.348 e. The Balaban J connectivity index is 2.02. The van der Waals surface area contributed by atoms with Crippen molar-refractivity contribution in [3.63, 3.8) is 0 Å². The van der Waals surface area contributed by atoms with E-state index in [0.717, 1.165) is 29.9 Å². The number of amides is 1. The molecule has 0 radical (unpaired) electrons. The van der Waals surface area contributed by atoms with E-state index in [1.165, 1.54) is 16.5 Å². The first-order chi connectivity index (χ1) is 12.8. The maximum atomic E-state index is 12.3. The van der Waals surface area contributed by atoms with Crippen LogP contribution in [0.1, 0.15) is 36.2 Å². The van der Waals surface area contributed by atoms with Gasteiger partial charge in [0.05, 0.1) is 19.8 Å². The van der Waals surface area contributed by atoms with E-state index in [0.29, 0.717) is 17.6 Å². The quantitative estimate of drug-likeness (QED) is 0.681. The minimum atomic E-state index is -0.144. The van der Waals surface area contributed by atoms with Gasteiger partial charge in [-0.3, -0.25) is 9.48 Å². The van der Waals surface area contributed by atoms with Crippen LogP contribution in [0.4, 0.5) is 0 Å². The zero-order valence-electron chi connectivity index (χ0n) is 16.8. The number of nitrogens with zero attached hydrogens (tertiary/aromatic N) is 2. The Kier molecular flexibility index (Phi) is 7.63. The maximum Gasteiger partial charge on any atom is 0.244 e. The molecule has 0 atom stereocenters. The van der Waals surface area contributed by atoms with E-state index in [2.05, 4.69) is 50.5 Å². The number of carbonyl (C=O) groups is 1. The fraction of sp³-hybridized carbons (Fsp3) is 0.429. The van der Waals surface area contributed by atoms with Gasteiger partial charge < -0.3 is 10.2 Å². The molecule has 1 amide bonds. The van der Waals surface area contributed by atoms with E-state index < -0.39 is 0 Å². The first-order valence-electron chi connectivity index (χ1n) is 9.32. The van der Waals surface area contributed by atoms with Crippen LogP contribution in [-0.4, -0.2) is 29.8 Å². The lowest BCUT2D eigenvalue weighted by molar-refractivity contribution is -0.872. The highest BCUT2D eigenvalue weighted by atomic mass is 35.5. The first-order valence-corrected chi connectivity index (χ1v) is 9.70. The van der Waals surface area contributed by atoms with Gasteiger partial charge in [-0.2, -0.15) is 5.10 Å². The Morgan fingerprint density at radius 2 is 1.96 bits per heavy atom. The minimum absolute atomic E-state index is 0.144. The third-order valence-electron chi connectivity index (χ3n) is 4.16. The summed E-state index contributed by atoms with van der Waals surface area (Å²) in [6, 6.07) is 8.19. The van der Waals surface area contributed by atoms with Crippen LogP contribution in [0.2, 0.25) is 5.15 Å². The molecular formula is C21H30ClN4O+. The summed E-state index contributed by atoms with van der Waals surface area (Å²) in [5.41, 5.74) is 4.00. The molecule has 0 fully saturated rings. The summed E-state index contributed by atoms with van der Waals surface area (Å²) < 4.78 is 1.79. The van der Waals surface area contributed by atoms with E-state index in [9.17, 15) is 4.79 Å². The molecule has 0 aliphatic rings. The van der Waals surface area contributed by atoms with E-state index in [1.54, 1.807) is 10.8 Å². The summed E-state index contributed by atoms with van der Waals surface area (Å²) in [5.74, 6) is 0.306. The Morgan fingerprint density at radius 3 is 2.59 bits per heavy atom. The molecule has 0 saturated carbocycles. The molecule has 1 aromatic heterocycles. The smallest absolute Gasteiger partial charge is 0.244 e. The molecule has 2 aromatic rings. The summed E-state index contributed by atoms with van der Waals surface area (Å²) in [6.45, 7) is 8.32. The summed E-state index contributed by atoms with van der Waals surface area (Å²) in [4.78, 5) is 13.6. The second-order valence-electron chi connectivity index (χ2n) is 7.57. The number of hydrogen-bond acceptors (Lipinski definition) is 2. The van der Waals surface area contributed by atoms with Crippen LogP contribution in [-0.2, 0) is 24.4 Å². The third-order valence-corrected chi connectivity index (χ3v) is 4.56. The van der Waals surface area contributed by atoms with Gasteiger partial charge >= 0.3 is 0 Å². The molecule has 1 aromatic carbocycles. The Bertz CT molecular complexity index is 809. The van der Waals surface area contributed by atoms with Crippen LogP contribution in [0.5, 0.6) is 0 Å². The van der Waals surface area contributed by atoms with Crippen LogP contribution >= 0.6 is 11.6 Å². The summed E-state index contributed by atoms with van der Waals surface area (Å²) in [6.07, 6.45) is 3.27. The number of aromatic nitrogens is 2. The van der Waals surface area contributed by atoms with Crippen LogP contribution < -0.4 is 10.2 Å².